The molecule has 0 amide bonds. The van der Waals surface area contributed by atoms with Crippen molar-refractivity contribution in [3.63, 3.8) is 0 Å². The van der Waals surface area contributed by atoms with Crippen LogP contribution in [-0.2, 0) is 42.9 Å². The molecule has 0 aromatic carbocycles. The third-order valence-corrected chi connectivity index (χ3v) is 15.2. The van der Waals surface area contributed by atoms with Gasteiger partial charge in [0.05, 0.1) is 6.61 Å². The Balaban J connectivity index is 2.64. The summed E-state index contributed by atoms with van der Waals surface area (Å²) in [5, 5.41) is 31.6. The highest BCUT2D eigenvalue weighted by Gasteiger charge is 2.50. The Hall–Kier alpha value is -3.06. The van der Waals surface area contributed by atoms with E-state index in [2.05, 4.69) is 57.2 Å². The van der Waals surface area contributed by atoms with Crippen LogP contribution in [0.5, 0.6) is 0 Å². The van der Waals surface area contributed by atoms with Crippen molar-refractivity contribution in [3.8, 4) is 0 Å². The second-order valence-electron chi connectivity index (χ2n) is 22.7. The van der Waals surface area contributed by atoms with E-state index < -0.39 is 67.3 Å². The van der Waals surface area contributed by atoms with Crippen LogP contribution in [0, 0.1) is 0 Å². The number of rotatable bonds is 57. The summed E-state index contributed by atoms with van der Waals surface area (Å²) in [6.07, 6.45) is 53.8. The molecular formula is C67H120O12. The molecule has 1 aliphatic rings. The zero-order valence-electron chi connectivity index (χ0n) is 50.9. The van der Waals surface area contributed by atoms with Gasteiger partial charge in [-0.05, 0) is 51.4 Å². The molecule has 1 heterocycles. The summed E-state index contributed by atoms with van der Waals surface area (Å²) >= 11 is 0. The standard InChI is InChI=1S/C67H120O12/c1-4-7-10-13-16-19-22-25-28-30-33-35-38-41-44-47-50-53-59(68)75-56-58(77-60(69)54-51-48-45-42-39-36-32-27-24-21-18-15-12-9-6-3)57-76-67-65(63(72)62(71)64(79-67)66(73)74)78-61(70)55-52-49-46-43-40-37-34-31-29-26-23-20-17-14-11-8-5-2/h8,11,17,20,26,29,58,62-65,67,71-72H,4-7,9-10,12-16,18-19,21-25,27-28,30-57H2,1-3H3,(H,73,74)/b11-8-,20-17-,29-26-. The molecule has 0 aromatic heterocycles. The summed E-state index contributed by atoms with van der Waals surface area (Å²) in [7, 11) is 0. The van der Waals surface area contributed by atoms with Gasteiger partial charge in [-0.3, -0.25) is 14.4 Å². The molecule has 6 unspecified atom stereocenters. The minimum atomic E-state index is -1.90. The number of carboxylic acid groups (broad SMARTS) is 1. The van der Waals surface area contributed by atoms with Gasteiger partial charge in [-0.15, -0.1) is 0 Å². The van der Waals surface area contributed by atoms with Crippen molar-refractivity contribution >= 4 is 23.9 Å². The van der Waals surface area contributed by atoms with Gasteiger partial charge in [0.15, 0.2) is 24.6 Å². The molecule has 0 radical (unpaired) electrons. The zero-order valence-corrected chi connectivity index (χ0v) is 50.9. The van der Waals surface area contributed by atoms with Gasteiger partial charge in [0.25, 0.3) is 0 Å². The summed E-state index contributed by atoms with van der Waals surface area (Å²) in [5.74, 6) is -3.09. The van der Waals surface area contributed by atoms with Crippen molar-refractivity contribution in [1.82, 2.24) is 0 Å². The summed E-state index contributed by atoms with van der Waals surface area (Å²) in [5.41, 5.74) is 0. The van der Waals surface area contributed by atoms with Gasteiger partial charge in [0.1, 0.15) is 18.8 Å². The van der Waals surface area contributed by atoms with Crippen LogP contribution in [0.2, 0.25) is 0 Å². The number of unbranched alkanes of at least 4 members (excludes halogenated alkanes) is 37. The first-order chi connectivity index (χ1) is 38.6. The molecule has 0 spiro atoms. The molecule has 79 heavy (non-hydrogen) atoms. The lowest BCUT2D eigenvalue weighted by atomic mass is 9.98. The Morgan fingerprint density at radius 2 is 0.797 bits per heavy atom. The molecule has 6 atom stereocenters. The number of carboxylic acids is 1. The molecule has 12 heteroatoms. The monoisotopic (exact) mass is 1120 g/mol. The quantitative estimate of drug-likeness (QED) is 0.0228. The van der Waals surface area contributed by atoms with Gasteiger partial charge in [-0.25, -0.2) is 4.79 Å². The van der Waals surface area contributed by atoms with Crippen LogP contribution >= 0.6 is 0 Å². The van der Waals surface area contributed by atoms with E-state index in [0.29, 0.717) is 19.3 Å². The molecule has 3 N–H and O–H groups in total. The van der Waals surface area contributed by atoms with E-state index in [-0.39, 0.29) is 25.9 Å². The number of carbonyl (C=O) groups is 4. The SMILES string of the molecule is CC/C=C\C/C=C\C/C=C\CCCCCCCCCC(=O)OC1C(OCC(COC(=O)CCCCCCCCCCCCCCCCCCC)OC(=O)CCCCCCCCCCCCCCCCC)OC(C(=O)O)C(O)C1O. The van der Waals surface area contributed by atoms with Crippen LogP contribution in [-0.4, -0.2) is 89.2 Å². The van der Waals surface area contributed by atoms with Gasteiger partial charge in [0.2, 0.25) is 0 Å². The largest absolute Gasteiger partial charge is 0.479 e. The lowest BCUT2D eigenvalue weighted by Gasteiger charge is -2.40. The number of allylic oxidation sites excluding steroid dienone is 6. The fourth-order valence-electron chi connectivity index (χ4n) is 10.2. The third-order valence-electron chi connectivity index (χ3n) is 15.2. The molecule has 1 rings (SSSR count). The van der Waals surface area contributed by atoms with Gasteiger partial charge >= 0.3 is 23.9 Å². The summed E-state index contributed by atoms with van der Waals surface area (Å²) in [4.78, 5) is 51.3. The molecule has 1 fully saturated rings. The van der Waals surface area contributed by atoms with Crippen molar-refractivity contribution in [2.75, 3.05) is 13.2 Å². The lowest BCUT2D eigenvalue weighted by Crippen LogP contribution is -2.61. The molecule has 460 valence electrons. The number of aliphatic hydroxyl groups excluding tert-OH is 2. The fourth-order valence-corrected chi connectivity index (χ4v) is 10.2. The van der Waals surface area contributed by atoms with Crippen molar-refractivity contribution in [2.45, 2.75) is 353 Å². The highest BCUT2D eigenvalue weighted by molar-refractivity contribution is 5.74. The highest BCUT2D eigenvalue weighted by atomic mass is 16.7. The minimum absolute atomic E-state index is 0.0530. The maximum absolute atomic E-state index is 13.2. The van der Waals surface area contributed by atoms with Crippen LogP contribution in [0.25, 0.3) is 0 Å². The average Bonchev–Trinajstić information content (AvgIpc) is 3.43. The van der Waals surface area contributed by atoms with Crippen molar-refractivity contribution < 1.29 is 58.2 Å². The highest BCUT2D eigenvalue weighted by Crippen LogP contribution is 2.27. The van der Waals surface area contributed by atoms with Crippen molar-refractivity contribution in [3.05, 3.63) is 36.5 Å². The van der Waals surface area contributed by atoms with E-state index in [1.165, 1.54) is 154 Å². The van der Waals surface area contributed by atoms with Crippen LogP contribution in [0.15, 0.2) is 36.5 Å². The second kappa shape index (κ2) is 55.5. The Morgan fingerprint density at radius 3 is 1.22 bits per heavy atom. The Kier molecular flexibility index (Phi) is 51.9. The third kappa shape index (κ3) is 45.2. The molecule has 0 bridgehead atoms. The van der Waals surface area contributed by atoms with E-state index in [9.17, 15) is 34.5 Å². The molecular weight excluding hydrogens is 997 g/mol. The number of hydrogen-bond acceptors (Lipinski definition) is 11. The Bertz CT molecular complexity index is 1510. The van der Waals surface area contributed by atoms with E-state index in [4.69, 9.17) is 23.7 Å². The first kappa shape index (κ1) is 74.0. The van der Waals surface area contributed by atoms with Crippen molar-refractivity contribution in [1.29, 1.82) is 0 Å². The Labute approximate surface area is 482 Å². The van der Waals surface area contributed by atoms with Gasteiger partial charge in [-0.1, -0.05) is 282 Å². The zero-order chi connectivity index (χ0) is 57.5. The summed E-state index contributed by atoms with van der Waals surface area (Å²) < 4.78 is 28.6. The second-order valence-corrected chi connectivity index (χ2v) is 22.7. The number of aliphatic carboxylic acids is 1. The van der Waals surface area contributed by atoms with E-state index >= 15 is 0 Å². The van der Waals surface area contributed by atoms with Crippen LogP contribution in [0.1, 0.15) is 316 Å². The molecule has 0 aliphatic carbocycles. The number of ether oxygens (including phenoxy) is 5. The first-order valence-electron chi connectivity index (χ1n) is 33.0. The summed E-state index contributed by atoms with van der Waals surface area (Å²) in [6.45, 7) is 5.94. The van der Waals surface area contributed by atoms with E-state index in [1.54, 1.807) is 0 Å². The normalized spacial score (nSPS) is 18.0. The van der Waals surface area contributed by atoms with Crippen molar-refractivity contribution in [2.24, 2.45) is 0 Å². The molecule has 1 aliphatic heterocycles. The van der Waals surface area contributed by atoms with E-state index in [1.807, 2.05) is 0 Å². The minimum Gasteiger partial charge on any atom is -0.479 e. The maximum Gasteiger partial charge on any atom is 0.335 e. The summed E-state index contributed by atoms with van der Waals surface area (Å²) in [6, 6.07) is 0. The number of esters is 3. The molecule has 12 nitrogen and oxygen atoms in total. The predicted molar refractivity (Wildman–Crippen MR) is 322 cm³/mol. The molecule has 0 saturated carbocycles. The number of hydrogen-bond donors (Lipinski definition) is 3. The predicted octanol–water partition coefficient (Wildman–Crippen LogP) is 17.6. The first-order valence-corrected chi connectivity index (χ1v) is 33.0. The van der Waals surface area contributed by atoms with Crippen LogP contribution in [0.4, 0.5) is 0 Å². The fraction of sp³-hybridized carbons (Fsp3) is 0.851. The topological polar surface area (TPSA) is 175 Å². The van der Waals surface area contributed by atoms with Gasteiger partial charge in [0, 0.05) is 19.3 Å². The Morgan fingerprint density at radius 1 is 0.430 bits per heavy atom. The lowest BCUT2D eigenvalue weighted by molar-refractivity contribution is -0.301. The van der Waals surface area contributed by atoms with Gasteiger partial charge < -0.3 is 39.0 Å². The number of aliphatic hydroxyl groups is 2. The smallest absolute Gasteiger partial charge is 0.335 e. The number of carbonyl (C=O) groups excluding carboxylic acids is 3. The average molecular weight is 1120 g/mol. The van der Waals surface area contributed by atoms with Crippen LogP contribution < -0.4 is 0 Å². The van der Waals surface area contributed by atoms with E-state index in [0.717, 1.165) is 103 Å². The van der Waals surface area contributed by atoms with Crippen LogP contribution in [0.3, 0.4) is 0 Å². The van der Waals surface area contributed by atoms with Gasteiger partial charge in [-0.2, -0.15) is 0 Å². The molecule has 0 aromatic rings. The maximum atomic E-state index is 13.2. The molecule has 1 saturated heterocycles.